The zero-order valence-corrected chi connectivity index (χ0v) is 12.4. The Labute approximate surface area is 127 Å². The maximum Gasteiger partial charge on any atom is 0.416 e. The van der Waals surface area contributed by atoms with Crippen molar-refractivity contribution in [1.82, 2.24) is 0 Å². The number of benzene rings is 2. The molecule has 2 N–H and O–H groups in total. The van der Waals surface area contributed by atoms with Gasteiger partial charge >= 0.3 is 6.18 Å². The van der Waals surface area contributed by atoms with Crippen LogP contribution in [0.2, 0.25) is 0 Å². The molecule has 21 heavy (non-hydrogen) atoms. The van der Waals surface area contributed by atoms with Gasteiger partial charge in [-0.1, -0.05) is 24.3 Å². The van der Waals surface area contributed by atoms with Gasteiger partial charge in [-0.25, -0.2) is 4.39 Å². The van der Waals surface area contributed by atoms with Gasteiger partial charge in [0.25, 0.3) is 0 Å². The second-order valence-electron chi connectivity index (χ2n) is 4.68. The zero-order chi connectivity index (χ0) is 15.6. The van der Waals surface area contributed by atoms with Gasteiger partial charge in [0.15, 0.2) is 0 Å². The minimum Gasteiger partial charge on any atom is -0.324 e. The molecule has 112 valence electrons. The average molecular weight is 362 g/mol. The number of alkyl halides is 3. The van der Waals surface area contributed by atoms with Crippen molar-refractivity contribution in [2.45, 2.75) is 18.6 Å². The van der Waals surface area contributed by atoms with Crippen LogP contribution in [0.3, 0.4) is 0 Å². The topological polar surface area (TPSA) is 26.0 Å². The van der Waals surface area contributed by atoms with E-state index in [1.807, 2.05) is 0 Å². The standard InChI is InChI=1S/C15H12BrF4N/c16-12-8-10(4-5-13(12)17)14(21)7-9-2-1-3-11(6-9)15(18,19)20/h1-6,8,14H,7,21H2. The summed E-state index contributed by atoms with van der Waals surface area (Å²) in [6, 6.07) is 8.86. The third-order valence-electron chi connectivity index (χ3n) is 3.08. The highest BCUT2D eigenvalue weighted by Gasteiger charge is 2.30. The number of hydrogen-bond acceptors (Lipinski definition) is 1. The predicted octanol–water partition coefficient (Wildman–Crippen LogP) is 4.85. The molecule has 0 aliphatic carbocycles. The second kappa shape index (κ2) is 6.15. The van der Waals surface area contributed by atoms with Crippen LogP contribution in [0.25, 0.3) is 0 Å². The first-order valence-electron chi connectivity index (χ1n) is 6.14. The molecule has 2 aromatic carbocycles. The van der Waals surface area contributed by atoms with E-state index in [0.717, 1.165) is 12.1 Å². The van der Waals surface area contributed by atoms with Gasteiger partial charge in [-0.3, -0.25) is 0 Å². The van der Waals surface area contributed by atoms with Crippen LogP contribution < -0.4 is 5.73 Å². The summed E-state index contributed by atoms with van der Waals surface area (Å²) in [6.07, 6.45) is -4.14. The van der Waals surface area contributed by atoms with E-state index in [4.69, 9.17) is 5.73 Å². The van der Waals surface area contributed by atoms with Crippen LogP contribution in [-0.4, -0.2) is 0 Å². The molecular weight excluding hydrogens is 350 g/mol. The Morgan fingerprint density at radius 2 is 1.81 bits per heavy atom. The third kappa shape index (κ3) is 4.04. The van der Waals surface area contributed by atoms with Crippen molar-refractivity contribution in [1.29, 1.82) is 0 Å². The maximum atomic E-state index is 13.2. The van der Waals surface area contributed by atoms with Crippen molar-refractivity contribution in [2.24, 2.45) is 5.73 Å². The Balaban J connectivity index is 2.19. The summed E-state index contributed by atoms with van der Waals surface area (Å²) in [5, 5.41) is 0. The van der Waals surface area contributed by atoms with Gasteiger partial charge in [0.05, 0.1) is 10.0 Å². The molecule has 1 nitrogen and oxygen atoms in total. The van der Waals surface area contributed by atoms with E-state index in [9.17, 15) is 17.6 Å². The first kappa shape index (κ1) is 16.0. The van der Waals surface area contributed by atoms with E-state index in [2.05, 4.69) is 15.9 Å². The minimum absolute atomic E-state index is 0.238. The van der Waals surface area contributed by atoms with Gasteiger partial charge in [0, 0.05) is 6.04 Å². The number of hydrogen-bond donors (Lipinski definition) is 1. The van der Waals surface area contributed by atoms with E-state index < -0.39 is 23.6 Å². The second-order valence-corrected chi connectivity index (χ2v) is 5.54. The summed E-state index contributed by atoms with van der Waals surface area (Å²) in [5.41, 5.74) is 6.42. The molecule has 1 atom stereocenters. The number of halogens is 5. The Morgan fingerprint density at radius 1 is 1.10 bits per heavy atom. The largest absolute Gasteiger partial charge is 0.416 e. The molecule has 1 unspecified atom stereocenters. The lowest BCUT2D eigenvalue weighted by atomic mass is 9.98. The van der Waals surface area contributed by atoms with Crippen molar-refractivity contribution in [3.05, 3.63) is 69.4 Å². The van der Waals surface area contributed by atoms with Crippen molar-refractivity contribution in [3.8, 4) is 0 Å². The molecule has 0 radical (unpaired) electrons. The lowest BCUT2D eigenvalue weighted by molar-refractivity contribution is -0.137. The van der Waals surface area contributed by atoms with Gasteiger partial charge in [0.1, 0.15) is 5.82 Å². The summed E-state index contributed by atoms with van der Waals surface area (Å²) in [7, 11) is 0. The molecule has 0 bridgehead atoms. The molecular formula is C15H12BrF4N. The molecule has 0 heterocycles. The first-order valence-corrected chi connectivity index (χ1v) is 6.93. The molecule has 0 amide bonds. The Kier molecular flexibility index (Phi) is 4.68. The Hall–Kier alpha value is -1.40. The van der Waals surface area contributed by atoms with Gasteiger partial charge in [-0.05, 0) is 51.7 Å². The highest BCUT2D eigenvalue weighted by molar-refractivity contribution is 9.10. The fraction of sp³-hybridized carbons (Fsp3) is 0.200. The monoisotopic (exact) mass is 361 g/mol. The normalized spacial score (nSPS) is 13.2. The molecule has 2 rings (SSSR count). The SMILES string of the molecule is NC(Cc1cccc(C(F)(F)F)c1)c1ccc(F)c(Br)c1. The summed E-state index contributed by atoms with van der Waals surface area (Å²) in [4.78, 5) is 0. The highest BCUT2D eigenvalue weighted by Crippen LogP contribution is 2.30. The molecule has 0 saturated carbocycles. The van der Waals surface area contributed by atoms with Crippen LogP contribution in [0.15, 0.2) is 46.9 Å². The van der Waals surface area contributed by atoms with E-state index >= 15 is 0 Å². The van der Waals surface area contributed by atoms with Crippen LogP contribution in [0.1, 0.15) is 22.7 Å². The maximum absolute atomic E-state index is 13.2. The molecule has 6 heteroatoms. The molecule has 0 fully saturated rings. The van der Waals surface area contributed by atoms with E-state index in [0.29, 0.717) is 11.1 Å². The summed E-state index contributed by atoms with van der Waals surface area (Å²) < 4.78 is 51.4. The highest BCUT2D eigenvalue weighted by atomic mass is 79.9. The molecule has 0 saturated heterocycles. The molecule has 0 aliphatic rings. The molecule has 0 spiro atoms. The lowest BCUT2D eigenvalue weighted by Crippen LogP contribution is -2.14. The van der Waals surface area contributed by atoms with E-state index in [-0.39, 0.29) is 10.9 Å². The molecule has 0 aliphatic heterocycles. The first-order chi connectivity index (χ1) is 9.77. The van der Waals surface area contributed by atoms with Gasteiger partial charge < -0.3 is 5.73 Å². The van der Waals surface area contributed by atoms with Crippen molar-refractivity contribution in [3.63, 3.8) is 0 Å². The number of rotatable bonds is 3. The fourth-order valence-corrected chi connectivity index (χ4v) is 2.39. The van der Waals surface area contributed by atoms with E-state index in [1.165, 1.54) is 24.3 Å². The van der Waals surface area contributed by atoms with Gasteiger partial charge in [0.2, 0.25) is 0 Å². The van der Waals surface area contributed by atoms with Crippen LogP contribution in [0, 0.1) is 5.82 Å². The zero-order valence-electron chi connectivity index (χ0n) is 10.8. The quantitative estimate of drug-likeness (QED) is 0.777. The van der Waals surface area contributed by atoms with Gasteiger partial charge in [-0.15, -0.1) is 0 Å². The summed E-state index contributed by atoms with van der Waals surface area (Å²) in [5.74, 6) is -0.412. The van der Waals surface area contributed by atoms with Gasteiger partial charge in [-0.2, -0.15) is 13.2 Å². The fourth-order valence-electron chi connectivity index (χ4n) is 1.99. The Morgan fingerprint density at radius 3 is 2.43 bits per heavy atom. The van der Waals surface area contributed by atoms with Crippen molar-refractivity contribution >= 4 is 15.9 Å². The van der Waals surface area contributed by atoms with Crippen LogP contribution in [0.4, 0.5) is 17.6 Å². The molecule has 2 aromatic rings. The average Bonchev–Trinajstić information content (AvgIpc) is 2.41. The van der Waals surface area contributed by atoms with Crippen molar-refractivity contribution < 1.29 is 17.6 Å². The number of nitrogens with two attached hydrogens (primary N) is 1. The lowest BCUT2D eigenvalue weighted by Gasteiger charge is -2.14. The summed E-state index contributed by atoms with van der Waals surface area (Å²) in [6.45, 7) is 0. The van der Waals surface area contributed by atoms with Crippen LogP contribution in [0.5, 0.6) is 0 Å². The van der Waals surface area contributed by atoms with Crippen LogP contribution >= 0.6 is 15.9 Å². The smallest absolute Gasteiger partial charge is 0.324 e. The summed E-state index contributed by atoms with van der Waals surface area (Å²) >= 11 is 3.06. The minimum atomic E-state index is -4.38. The van der Waals surface area contributed by atoms with Crippen molar-refractivity contribution in [2.75, 3.05) is 0 Å². The van der Waals surface area contributed by atoms with E-state index in [1.54, 1.807) is 6.07 Å². The molecule has 0 aromatic heterocycles. The van der Waals surface area contributed by atoms with Crippen LogP contribution in [-0.2, 0) is 12.6 Å². The predicted molar refractivity (Wildman–Crippen MR) is 76.2 cm³/mol. The third-order valence-corrected chi connectivity index (χ3v) is 3.69. The Bertz CT molecular complexity index is 640.